The van der Waals surface area contributed by atoms with Crippen molar-refractivity contribution >= 4 is 33.4 Å². The van der Waals surface area contributed by atoms with Crippen LogP contribution in [0.2, 0.25) is 0 Å². The van der Waals surface area contributed by atoms with Crippen LogP contribution in [-0.4, -0.2) is 41.0 Å². The quantitative estimate of drug-likeness (QED) is 0.733. The molecule has 1 aliphatic heterocycles. The highest BCUT2D eigenvalue weighted by Gasteiger charge is 2.15. The van der Waals surface area contributed by atoms with Gasteiger partial charge in [-0.2, -0.15) is 0 Å². The first kappa shape index (κ1) is 17.7. The fourth-order valence-corrected chi connectivity index (χ4v) is 4.29. The van der Waals surface area contributed by atoms with E-state index in [1.165, 1.54) is 12.8 Å². The van der Waals surface area contributed by atoms with Crippen molar-refractivity contribution in [2.45, 2.75) is 25.9 Å². The number of hydrogen-bond acceptors (Lipinski definition) is 5. The fraction of sp³-hybridized carbons (Fsp3) is 0.350. The standard InChI is InChI=1S/C20H23N5OS/c1-24(14-19-23-16-6-2-3-7-17(16)27-19)20(26)22-13-15-8-9-21-18(12-15)25-10-4-5-11-25/h2-3,6-9,12H,4-5,10-11,13-14H2,1H3,(H,22,26). The highest BCUT2D eigenvalue weighted by molar-refractivity contribution is 7.18. The van der Waals surface area contributed by atoms with Gasteiger partial charge in [0.2, 0.25) is 0 Å². The Morgan fingerprint density at radius 2 is 2.07 bits per heavy atom. The largest absolute Gasteiger partial charge is 0.357 e. The first-order valence-electron chi connectivity index (χ1n) is 9.22. The molecule has 4 rings (SSSR count). The molecule has 1 fully saturated rings. The van der Waals surface area contributed by atoms with Crippen molar-refractivity contribution in [3.8, 4) is 0 Å². The van der Waals surface area contributed by atoms with Crippen LogP contribution in [0.1, 0.15) is 23.4 Å². The Bertz CT molecular complexity index is 902. The van der Waals surface area contributed by atoms with Crippen LogP contribution in [0.25, 0.3) is 10.2 Å². The molecule has 1 saturated heterocycles. The van der Waals surface area contributed by atoms with Gasteiger partial charge in [0.15, 0.2) is 0 Å². The van der Waals surface area contributed by atoms with Gasteiger partial charge in [-0.3, -0.25) is 0 Å². The number of nitrogens with one attached hydrogen (secondary N) is 1. The number of benzene rings is 1. The van der Waals surface area contributed by atoms with E-state index in [9.17, 15) is 4.79 Å². The Morgan fingerprint density at radius 3 is 2.89 bits per heavy atom. The summed E-state index contributed by atoms with van der Waals surface area (Å²) in [6.07, 6.45) is 4.26. The summed E-state index contributed by atoms with van der Waals surface area (Å²) in [5.74, 6) is 1.00. The van der Waals surface area contributed by atoms with Crippen molar-refractivity contribution in [2.75, 3.05) is 25.0 Å². The zero-order chi connectivity index (χ0) is 18.6. The van der Waals surface area contributed by atoms with Gasteiger partial charge in [0, 0.05) is 32.9 Å². The van der Waals surface area contributed by atoms with Crippen LogP contribution in [0.15, 0.2) is 42.6 Å². The predicted molar refractivity (Wildman–Crippen MR) is 109 cm³/mol. The maximum Gasteiger partial charge on any atom is 0.317 e. The maximum absolute atomic E-state index is 12.4. The Morgan fingerprint density at radius 1 is 1.26 bits per heavy atom. The van der Waals surface area contributed by atoms with Gasteiger partial charge in [-0.05, 0) is 42.7 Å². The molecule has 3 heterocycles. The smallest absolute Gasteiger partial charge is 0.317 e. The number of aromatic nitrogens is 2. The second kappa shape index (κ2) is 7.92. The van der Waals surface area contributed by atoms with Crippen LogP contribution in [0.5, 0.6) is 0 Å². The molecular weight excluding hydrogens is 358 g/mol. The van der Waals surface area contributed by atoms with Gasteiger partial charge >= 0.3 is 6.03 Å². The molecule has 1 aliphatic rings. The van der Waals surface area contributed by atoms with Gasteiger partial charge in [-0.15, -0.1) is 11.3 Å². The molecule has 3 aromatic rings. The van der Waals surface area contributed by atoms with Crippen LogP contribution >= 0.6 is 11.3 Å². The van der Waals surface area contributed by atoms with E-state index in [0.717, 1.165) is 39.7 Å². The SMILES string of the molecule is CN(Cc1nc2ccccc2s1)C(=O)NCc1ccnc(N2CCCC2)c1. The lowest BCUT2D eigenvalue weighted by atomic mass is 10.2. The van der Waals surface area contributed by atoms with Crippen molar-refractivity contribution in [1.82, 2.24) is 20.2 Å². The zero-order valence-corrected chi connectivity index (χ0v) is 16.2. The Hall–Kier alpha value is -2.67. The van der Waals surface area contributed by atoms with E-state index in [0.29, 0.717) is 13.1 Å². The molecule has 27 heavy (non-hydrogen) atoms. The van der Waals surface area contributed by atoms with E-state index in [-0.39, 0.29) is 6.03 Å². The monoisotopic (exact) mass is 381 g/mol. The fourth-order valence-electron chi connectivity index (χ4n) is 3.26. The van der Waals surface area contributed by atoms with Crippen LogP contribution < -0.4 is 10.2 Å². The van der Waals surface area contributed by atoms with E-state index >= 15 is 0 Å². The van der Waals surface area contributed by atoms with E-state index in [4.69, 9.17) is 0 Å². The summed E-state index contributed by atoms with van der Waals surface area (Å²) >= 11 is 1.63. The minimum Gasteiger partial charge on any atom is -0.357 e. The van der Waals surface area contributed by atoms with Crippen LogP contribution in [0.4, 0.5) is 10.6 Å². The molecule has 0 bridgehead atoms. The van der Waals surface area contributed by atoms with Crippen molar-refractivity contribution in [1.29, 1.82) is 0 Å². The molecule has 0 spiro atoms. The molecule has 140 valence electrons. The number of thiazole rings is 1. The topological polar surface area (TPSA) is 61.4 Å². The van der Waals surface area contributed by atoms with Gasteiger partial charge in [-0.25, -0.2) is 14.8 Å². The van der Waals surface area contributed by atoms with Crippen molar-refractivity contribution < 1.29 is 4.79 Å². The average molecular weight is 382 g/mol. The third-order valence-corrected chi connectivity index (χ3v) is 5.76. The molecule has 0 unspecified atom stereocenters. The average Bonchev–Trinajstić information content (AvgIpc) is 3.35. The summed E-state index contributed by atoms with van der Waals surface area (Å²) in [6, 6.07) is 12.0. The lowest BCUT2D eigenvalue weighted by molar-refractivity contribution is 0.206. The Labute approximate surface area is 162 Å². The highest BCUT2D eigenvalue weighted by Crippen LogP contribution is 2.22. The van der Waals surface area contributed by atoms with Crippen LogP contribution in [-0.2, 0) is 13.1 Å². The molecule has 7 heteroatoms. The summed E-state index contributed by atoms with van der Waals surface area (Å²) in [5.41, 5.74) is 2.05. The zero-order valence-electron chi connectivity index (χ0n) is 15.4. The van der Waals surface area contributed by atoms with Gasteiger partial charge in [0.25, 0.3) is 0 Å². The number of fused-ring (bicyclic) bond motifs is 1. The Kier molecular flexibility index (Phi) is 5.20. The number of hydrogen-bond donors (Lipinski definition) is 1. The minimum atomic E-state index is -0.103. The first-order valence-corrected chi connectivity index (χ1v) is 10.0. The number of carbonyl (C=O) groups excluding carboxylic acids is 1. The predicted octanol–water partition coefficient (Wildman–Crippen LogP) is 3.63. The third kappa shape index (κ3) is 4.19. The number of amides is 2. The second-order valence-corrected chi connectivity index (χ2v) is 7.92. The number of para-hydroxylation sites is 1. The van der Waals surface area contributed by atoms with Crippen LogP contribution in [0.3, 0.4) is 0 Å². The molecular formula is C20H23N5OS. The van der Waals surface area contributed by atoms with Gasteiger partial charge in [-0.1, -0.05) is 12.1 Å². The summed E-state index contributed by atoms with van der Waals surface area (Å²) in [4.78, 5) is 25.5. The Balaban J connectivity index is 1.34. The highest BCUT2D eigenvalue weighted by atomic mass is 32.1. The van der Waals surface area contributed by atoms with E-state index in [1.807, 2.05) is 30.5 Å². The maximum atomic E-state index is 12.4. The van der Waals surface area contributed by atoms with E-state index in [1.54, 1.807) is 23.3 Å². The van der Waals surface area contributed by atoms with E-state index < -0.39 is 0 Å². The van der Waals surface area contributed by atoms with E-state index in [2.05, 4.69) is 32.3 Å². The summed E-state index contributed by atoms with van der Waals surface area (Å²) in [7, 11) is 1.80. The molecule has 0 atom stereocenters. The minimum absolute atomic E-state index is 0.103. The third-order valence-electron chi connectivity index (χ3n) is 4.74. The molecule has 2 amide bonds. The molecule has 0 radical (unpaired) electrons. The number of urea groups is 1. The lowest BCUT2D eigenvalue weighted by Crippen LogP contribution is -2.36. The first-order chi connectivity index (χ1) is 13.2. The molecule has 1 aromatic carbocycles. The number of rotatable bonds is 5. The number of anilines is 1. The molecule has 6 nitrogen and oxygen atoms in total. The van der Waals surface area contributed by atoms with Crippen molar-refractivity contribution in [3.63, 3.8) is 0 Å². The van der Waals surface area contributed by atoms with Crippen molar-refractivity contribution in [3.05, 3.63) is 53.2 Å². The lowest BCUT2D eigenvalue weighted by Gasteiger charge is -2.18. The molecule has 1 N–H and O–H groups in total. The molecule has 0 aliphatic carbocycles. The summed E-state index contributed by atoms with van der Waals surface area (Å²) in [6.45, 7) is 3.12. The van der Waals surface area contributed by atoms with Crippen LogP contribution in [0, 0.1) is 0 Å². The van der Waals surface area contributed by atoms with Gasteiger partial charge in [0.1, 0.15) is 10.8 Å². The normalized spacial score (nSPS) is 13.9. The number of carbonyl (C=O) groups is 1. The number of nitrogens with zero attached hydrogens (tertiary/aromatic N) is 4. The number of pyridine rings is 1. The molecule has 0 saturated carbocycles. The summed E-state index contributed by atoms with van der Waals surface area (Å²) in [5, 5.41) is 3.93. The second-order valence-electron chi connectivity index (χ2n) is 6.81. The van der Waals surface area contributed by atoms with Crippen molar-refractivity contribution in [2.24, 2.45) is 0 Å². The van der Waals surface area contributed by atoms with Gasteiger partial charge in [0.05, 0.1) is 16.8 Å². The molecule has 2 aromatic heterocycles. The summed E-state index contributed by atoms with van der Waals surface area (Å²) < 4.78 is 1.15. The van der Waals surface area contributed by atoms with Gasteiger partial charge < -0.3 is 15.1 Å².